The second kappa shape index (κ2) is 5.07. The van der Waals surface area contributed by atoms with Crippen LogP contribution in [0.1, 0.15) is 19.9 Å². The van der Waals surface area contributed by atoms with Gasteiger partial charge in [0.15, 0.2) is 5.16 Å². The average molecular weight is 285 g/mol. The normalized spacial score (nSPS) is 11.1. The zero-order chi connectivity index (χ0) is 13.3. The molecule has 0 spiro atoms. The van der Waals surface area contributed by atoms with Gasteiger partial charge in [0.25, 0.3) is 0 Å². The lowest BCUT2D eigenvalue weighted by molar-refractivity contribution is 0.534. The number of anilines is 1. The lowest BCUT2D eigenvalue weighted by Gasteiger charge is -2.09. The summed E-state index contributed by atoms with van der Waals surface area (Å²) in [5, 5.41) is 7.56. The van der Waals surface area contributed by atoms with Crippen molar-refractivity contribution < 1.29 is 0 Å². The summed E-state index contributed by atoms with van der Waals surface area (Å²) >= 11 is 7.42. The Kier molecular flexibility index (Phi) is 3.68. The maximum absolute atomic E-state index is 11.6. The molecule has 96 valence electrons. The Bertz CT molecular complexity index is 620. The Labute approximate surface area is 113 Å². The standard InChI is InChI=1S/C11H13ClN4OS/c1-6(2)16-10(17)14-15-11(16)18-9-4-3-7(13)5-8(9)12/h3-6H,13H2,1-2H3,(H,14,17). The van der Waals surface area contributed by atoms with E-state index < -0.39 is 0 Å². The van der Waals surface area contributed by atoms with Crippen molar-refractivity contribution in [3.05, 3.63) is 33.7 Å². The first-order chi connectivity index (χ1) is 8.49. The zero-order valence-corrected chi connectivity index (χ0v) is 11.5. The van der Waals surface area contributed by atoms with Crippen molar-refractivity contribution in [2.24, 2.45) is 0 Å². The summed E-state index contributed by atoms with van der Waals surface area (Å²) in [7, 11) is 0. The van der Waals surface area contributed by atoms with Gasteiger partial charge < -0.3 is 5.73 Å². The van der Waals surface area contributed by atoms with Crippen molar-refractivity contribution in [2.45, 2.75) is 29.9 Å². The number of nitrogens with two attached hydrogens (primary N) is 1. The number of benzene rings is 1. The van der Waals surface area contributed by atoms with E-state index in [9.17, 15) is 4.79 Å². The van der Waals surface area contributed by atoms with Gasteiger partial charge in [-0.3, -0.25) is 4.57 Å². The SMILES string of the molecule is CC(C)n1c(Sc2ccc(N)cc2Cl)n[nH]c1=O. The summed E-state index contributed by atoms with van der Waals surface area (Å²) in [5.74, 6) is 0. The summed E-state index contributed by atoms with van der Waals surface area (Å²) in [6.45, 7) is 3.84. The second-order valence-corrected chi connectivity index (χ2v) is 5.48. The predicted molar refractivity (Wildman–Crippen MR) is 73.2 cm³/mol. The maximum atomic E-state index is 11.6. The number of hydrogen-bond acceptors (Lipinski definition) is 4. The minimum absolute atomic E-state index is 0.0336. The molecular weight excluding hydrogens is 272 g/mol. The Morgan fingerprint density at radius 2 is 2.22 bits per heavy atom. The highest BCUT2D eigenvalue weighted by atomic mass is 35.5. The van der Waals surface area contributed by atoms with E-state index in [-0.39, 0.29) is 11.7 Å². The molecule has 0 radical (unpaired) electrons. The first kappa shape index (κ1) is 13.0. The second-order valence-electron chi connectivity index (χ2n) is 4.07. The minimum Gasteiger partial charge on any atom is -0.399 e. The van der Waals surface area contributed by atoms with Crippen LogP contribution >= 0.6 is 23.4 Å². The van der Waals surface area contributed by atoms with Crippen LogP contribution in [0, 0.1) is 0 Å². The van der Waals surface area contributed by atoms with Crippen molar-refractivity contribution in [1.82, 2.24) is 14.8 Å². The molecule has 0 aliphatic heterocycles. The smallest absolute Gasteiger partial charge is 0.344 e. The van der Waals surface area contributed by atoms with Gasteiger partial charge in [-0.1, -0.05) is 11.6 Å². The van der Waals surface area contributed by atoms with E-state index in [1.54, 1.807) is 16.7 Å². The van der Waals surface area contributed by atoms with Crippen molar-refractivity contribution >= 4 is 29.1 Å². The van der Waals surface area contributed by atoms with Crippen LogP contribution in [0.5, 0.6) is 0 Å². The van der Waals surface area contributed by atoms with Crippen molar-refractivity contribution in [1.29, 1.82) is 0 Å². The zero-order valence-electron chi connectivity index (χ0n) is 9.98. The minimum atomic E-state index is -0.223. The molecule has 5 nitrogen and oxygen atoms in total. The van der Waals surface area contributed by atoms with Gasteiger partial charge in [-0.25, -0.2) is 9.89 Å². The molecule has 1 aromatic heterocycles. The summed E-state index contributed by atoms with van der Waals surface area (Å²) in [4.78, 5) is 12.4. The number of nitrogens with one attached hydrogen (secondary N) is 1. The largest absolute Gasteiger partial charge is 0.399 e. The fourth-order valence-corrected chi connectivity index (χ4v) is 2.79. The Balaban J connectivity index is 2.37. The quantitative estimate of drug-likeness (QED) is 0.849. The average Bonchev–Trinajstić information content (AvgIpc) is 2.64. The van der Waals surface area contributed by atoms with Gasteiger partial charge in [-0.05, 0) is 43.8 Å². The van der Waals surface area contributed by atoms with E-state index in [0.717, 1.165) is 4.90 Å². The molecule has 7 heteroatoms. The summed E-state index contributed by atoms with van der Waals surface area (Å²) < 4.78 is 1.58. The number of rotatable bonds is 3. The Morgan fingerprint density at radius 3 is 2.83 bits per heavy atom. The number of nitrogens with zero attached hydrogens (tertiary/aromatic N) is 2. The number of H-pyrrole nitrogens is 1. The van der Waals surface area contributed by atoms with E-state index >= 15 is 0 Å². The molecule has 0 amide bonds. The Hall–Kier alpha value is -1.40. The van der Waals surface area contributed by atoms with Crippen LogP contribution in [0.3, 0.4) is 0 Å². The molecule has 3 N–H and O–H groups in total. The molecule has 1 heterocycles. The van der Waals surface area contributed by atoms with Gasteiger partial charge in [0.05, 0.1) is 5.02 Å². The van der Waals surface area contributed by atoms with Crippen LogP contribution in [0.15, 0.2) is 33.0 Å². The van der Waals surface area contributed by atoms with Crippen LogP contribution in [0.2, 0.25) is 5.02 Å². The highest BCUT2D eigenvalue weighted by Gasteiger charge is 2.14. The van der Waals surface area contributed by atoms with Crippen LogP contribution in [-0.4, -0.2) is 14.8 Å². The first-order valence-corrected chi connectivity index (χ1v) is 6.58. The molecule has 2 rings (SSSR count). The molecule has 0 unspecified atom stereocenters. The van der Waals surface area contributed by atoms with Crippen LogP contribution < -0.4 is 11.4 Å². The summed E-state index contributed by atoms with van der Waals surface area (Å²) in [6.07, 6.45) is 0. The number of aromatic nitrogens is 3. The maximum Gasteiger partial charge on any atom is 0.344 e. The van der Waals surface area contributed by atoms with E-state index in [0.29, 0.717) is 15.9 Å². The van der Waals surface area contributed by atoms with E-state index in [2.05, 4.69) is 10.2 Å². The molecule has 1 aromatic carbocycles. The molecule has 0 aliphatic carbocycles. The molecule has 0 fully saturated rings. The van der Waals surface area contributed by atoms with Gasteiger partial charge in [0, 0.05) is 16.6 Å². The van der Waals surface area contributed by atoms with Crippen molar-refractivity contribution in [2.75, 3.05) is 5.73 Å². The number of halogens is 1. The third kappa shape index (κ3) is 2.54. The van der Waals surface area contributed by atoms with Gasteiger partial charge in [-0.15, -0.1) is 5.10 Å². The van der Waals surface area contributed by atoms with Crippen molar-refractivity contribution in [3.63, 3.8) is 0 Å². The molecule has 2 aromatic rings. The first-order valence-electron chi connectivity index (χ1n) is 5.39. The highest BCUT2D eigenvalue weighted by Crippen LogP contribution is 2.33. The van der Waals surface area contributed by atoms with Gasteiger partial charge in [0.2, 0.25) is 0 Å². The summed E-state index contributed by atoms with van der Waals surface area (Å²) in [6, 6.07) is 5.28. The van der Waals surface area contributed by atoms with E-state index in [4.69, 9.17) is 17.3 Å². The molecule has 0 saturated carbocycles. The third-order valence-corrected chi connectivity index (χ3v) is 3.82. The lowest BCUT2D eigenvalue weighted by atomic mass is 10.3. The monoisotopic (exact) mass is 284 g/mol. The predicted octanol–water partition coefficient (Wildman–Crippen LogP) is 2.54. The van der Waals surface area contributed by atoms with Gasteiger partial charge in [-0.2, -0.15) is 0 Å². The van der Waals surface area contributed by atoms with E-state index in [1.807, 2.05) is 19.9 Å². The molecular formula is C11H13ClN4OS. The molecule has 0 aliphatic rings. The Morgan fingerprint density at radius 1 is 1.50 bits per heavy atom. The van der Waals surface area contributed by atoms with Crippen LogP contribution in [0.25, 0.3) is 0 Å². The fraction of sp³-hybridized carbons (Fsp3) is 0.273. The van der Waals surface area contributed by atoms with Crippen molar-refractivity contribution in [3.8, 4) is 0 Å². The number of aromatic amines is 1. The molecule has 0 atom stereocenters. The highest BCUT2D eigenvalue weighted by molar-refractivity contribution is 7.99. The van der Waals surface area contributed by atoms with Crippen LogP contribution in [-0.2, 0) is 0 Å². The fourth-order valence-electron chi connectivity index (χ4n) is 1.52. The van der Waals surface area contributed by atoms with E-state index in [1.165, 1.54) is 11.8 Å². The van der Waals surface area contributed by atoms with Gasteiger partial charge in [0.1, 0.15) is 0 Å². The molecule has 18 heavy (non-hydrogen) atoms. The number of nitrogen functional groups attached to an aromatic ring is 1. The number of hydrogen-bond donors (Lipinski definition) is 2. The summed E-state index contributed by atoms with van der Waals surface area (Å²) in [5.41, 5.74) is 6.01. The molecule has 0 bridgehead atoms. The van der Waals surface area contributed by atoms with Crippen LogP contribution in [0.4, 0.5) is 5.69 Å². The molecule has 0 saturated heterocycles. The third-order valence-electron chi connectivity index (χ3n) is 2.35. The van der Waals surface area contributed by atoms with Gasteiger partial charge >= 0.3 is 5.69 Å². The lowest BCUT2D eigenvalue weighted by Crippen LogP contribution is -2.19. The topological polar surface area (TPSA) is 76.7 Å².